The van der Waals surface area contributed by atoms with Crippen LogP contribution in [-0.4, -0.2) is 37.5 Å². The third-order valence-corrected chi connectivity index (χ3v) is 2.41. The first-order valence-electron chi connectivity index (χ1n) is 5.47. The molecule has 0 bridgehead atoms. The summed E-state index contributed by atoms with van der Waals surface area (Å²) < 4.78 is 0. The van der Waals surface area contributed by atoms with E-state index in [9.17, 15) is 9.59 Å². The Balaban J connectivity index is 2.32. The molecule has 0 unspecified atom stereocenters. The second kappa shape index (κ2) is 5.65. The number of amides is 2. The minimum absolute atomic E-state index is 0.0368. The molecule has 0 radical (unpaired) electrons. The van der Waals surface area contributed by atoms with Crippen molar-refractivity contribution in [2.45, 2.75) is 26.8 Å². The molecular formula is C11H19N3O2. The van der Waals surface area contributed by atoms with E-state index >= 15 is 0 Å². The first-order chi connectivity index (χ1) is 7.50. The zero-order valence-corrected chi connectivity index (χ0v) is 10.0. The Hall–Kier alpha value is -1.36. The van der Waals surface area contributed by atoms with Gasteiger partial charge in [0.05, 0.1) is 6.54 Å². The van der Waals surface area contributed by atoms with Crippen molar-refractivity contribution < 1.29 is 9.59 Å². The van der Waals surface area contributed by atoms with Crippen LogP contribution in [0.4, 0.5) is 0 Å². The Morgan fingerprint density at radius 2 is 2.00 bits per heavy atom. The Kier molecular flexibility index (Phi) is 4.49. The molecule has 3 N–H and O–H groups in total. The highest BCUT2D eigenvalue weighted by Gasteiger charge is 2.16. The molecule has 1 fully saturated rings. The largest absolute Gasteiger partial charge is 0.352 e. The predicted octanol–water partition coefficient (Wildman–Crippen LogP) is -0.453. The molecule has 1 heterocycles. The van der Waals surface area contributed by atoms with Gasteiger partial charge in [-0.3, -0.25) is 9.59 Å². The maximum atomic E-state index is 11.6. The molecule has 1 saturated heterocycles. The van der Waals surface area contributed by atoms with Gasteiger partial charge in [-0.1, -0.05) is 0 Å². The van der Waals surface area contributed by atoms with Crippen molar-refractivity contribution in [1.29, 1.82) is 0 Å². The number of hydrogen-bond acceptors (Lipinski definition) is 3. The summed E-state index contributed by atoms with van der Waals surface area (Å²) in [4.78, 5) is 22.9. The fourth-order valence-corrected chi connectivity index (χ4v) is 1.34. The van der Waals surface area contributed by atoms with E-state index in [4.69, 9.17) is 0 Å². The van der Waals surface area contributed by atoms with Crippen LogP contribution in [0.5, 0.6) is 0 Å². The summed E-state index contributed by atoms with van der Waals surface area (Å²) in [5.41, 5.74) is 1.83. The van der Waals surface area contributed by atoms with Crippen LogP contribution < -0.4 is 16.0 Å². The van der Waals surface area contributed by atoms with Crippen LogP contribution in [-0.2, 0) is 9.59 Å². The van der Waals surface area contributed by atoms with E-state index in [1.165, 1.54) is 0 Å². The van der Waals surface area contributed by atoms with Crippen LogP contribution in [0, 0.1) is 0 Å². The molecule has 0 aliphatic carbocycles. The van der Waals surface area contributed by atoms with Crippen molar-refractivity contribution in [3.63, 3.8) is 0 Å². The van der Waals surface area contributed by atoms with E-state index in [2.05, 4.69) is 16.0 Å². The van der Waals surface area contributed by atoms with E-state index in [0.717, 1.165) is 24.2 Å². The number of rotatable bonds is 4. The highest BCUT2D eigenvalue weighted by molar-refractivity contribution is 5.96. The topological polar surface area (TPSA) is 70.2 Å². The summed E-state index contributed by atoms with van der Waals surface area (Å²) in [6.45, 7) is 7.13. The van der Waals surface area contributed by atoms with Crippen molar-refractivity contribution in [3.8, 4) is 0 Å². The fraction of sp³-hybridized carbons (Fsp3) is 0.636. The second-order valence-corrected chi connectivity index (χ2v) is 4.24. The third-order valence-electron chi connectivity index (χ3n) is 2.41. The first kappa shape index (κ1) is 12.7. The van der Waals surface area contributed by atoms with E-state index < -0.39 is 0 Å². The summed E-state index contributed by atoms with van der Waals surface area (Å²) in [6.07, 6.45) is 0. The van der Waals surface area contributed by atoms with E-state index in [1.807, 2.05) is 13.8 Å². The molecule has 90 valence electrons. The van der Waals surface area contributed by atoms with Crippen molar-refractivity contribution in [3.05, 3.63) is 11.1 Å². The van der Waals surface area contributed by atoms with E-state index in [-0.39, 0.29) is 24.4 Å². The molecule has 0 aromatic carbocycles. The molecule has 16 heavy (non-hydrogen) atoms. The Morgan fingerprint density at radius 1 is 1.38 bits per heavy atom. The minimum Gasteiger partial charge on any atom is -0.352 e. The van der Waals surface area contributed by atoms with Gasteiger partial charge in [-0.05, 0) is 26.3 Å². The molecule has 0 aromatic heterocycles. The van der Waals surface area contributed by atoms with Gasteiger partial charge in [-0.2, -0.15) is 0 Å². The lowest BCUT2D eigenvalue weighted by molar-refractivity contribution is -0.124. The molecule has 2 amide bonds. The highest BCUT2D eigenvalue weighted by atomic mass is 16.2. The molecule has 1 aliphatic rings. The lowest BCUT2D eigenvalue weighted by Crippen LogP contribution is -2.42. The number of carbonyl (C=O) groups is 2. The summed E-state index contributed by atoms with van der Waals surface area (Å²) in [7, 11) is 0. The summed E-state index contributed by atoms with van der Waals surface area (Å²) in [6, 6.07) is 0.0969. The van der Waals surface area contributed by atoms with Gasteiger partial charge in [0.25, 0.3) is 0 Å². The van der Waals surface area contributed by atoms with Crippen LogP contribution in [0.15, 0.2) is 11.1 Å². The Morgan fingerprint density at radius 3 is 2.44 bits per heavy atom. The van der Waals surface area contributed by atoms with Crippen molar-refractivity contribution in [1.82, 2.24) is 16.0 Å². The van der Waals surface area contributed by atoms with Gasteiger partial charge >= 0.3 is 0 Å². The van der Waals surface area contributed by atoms with Crippen LogP contribution >= 0.6 is 0 Å². The van der Waals surface area contributed by atoms with Crippen LogP contribution in [0.2, 0.25) is 0 Å². The van der Waals surface area contributed by atoms with E-state index in [1.54, 1.807) is 6.92 Å². The minimum atomic E-state index is -0.159. The van der Waals surface area contributed by atoms with Gasteiger partial charge in [-0.25, -0.2) is 0 Å². The normalized spacial score (nSPS) is 14.4. The maximum absolute atomic E-state index is 11.6. The summed E-state index contributed by atoms with van der Waals surface area (Å²) >= 11 is 0. The smallest absolute Gasteiger partial charge is 0.247 e. The molecule has 0 aromatic rings. The molecule has 1 rings (SSSR count). The number of nitrogens with one attached hydrogen (secondary N) is 3. The van der Waals surface area contributed by atoms with Gasteiger partial charge < -0.3 is 16.0 Å². The standard InChI is InChI=1S/C11H19N3O2/c1-7(2)14-10(15)6-13-11(16)8(3)9-4-12-5-9/h7,12H,4-6H2,1-3H3,(H,13,16)(H,14,15). The highest BCUT2D eigenvalue weighted by Crippen LogP contribution is 2.08. The van der Waals surface area contributed by atoms with Crippen LogP contribution in [0.25, 0.3) is 0 Å². The number of carbonyl (C=O) groups excluding carboxylic acids is 2. The van der Waals surface area contributed by atoms with Crippen LogP contribution in [0.3, 0.4) is 0 Å². The average Bonchev–Trinajstić information content (AvgIpc) is 2.10. The van der Waals surface area contributed by atoms with Gasteiger partial charge in [0.15, 0.2) is 0 Å². The summed E-state index contributed by atoms with van der Waals surface area (Å²) in [5, 5.41) is 8.38. The maximum Gasteiger partial charge on any atom is 0.247 e. The quantitative estimate of drug-likeness (QED) is 0.567. The van der Waals surface area contributed by atoms with Gasteiger partial charge in [0, 0.05) is 24.7 Å². The molecule has 0 saturated carbocycles. The molecule has 5 nitrogen and oxygen atoms in total. The van der Waals surface area contributed by atoms with E-state index in [0.29, 0.717) is 0 Å². The Labute approximate surface area is 95.7 Å². The van der Waals surface area contributed by atoms with Gasteiger partial charge in [-0.15, -0.1) is 0 Å². The lowest BCUT2D eigenvalue weighted by Gasteiger charge is -2.21. The Bertz CT molecular complexity index is 315. The second-order valence-electron chi connectivity index (χ2n) is 4.24. The van der Waals surface area contributed by atoms with Gasteiger partial charge in [0.2, 0.25) is 11.8 Å². The molecule has 5 heteroatoms. The predicted molar refractivity (Wildman–Crippen MR) is 61.9 cm³/mol. The number of hydrogen-bond donors (Lipinski definition) is 3. The molecular weight excluding hydrogens is 206 g/mol. The SMILES string of the molecule is CC(C(=O)NCC(=O)NC(C)C)=C1CNC1. The van der Waals surface area contributed by atoms with Gasteiger partial charge in [0.1, 0.15) is 0 Å². The van der Waals surface area contributed by atoms with Crippen molar-refractivity contribution in [2.24, 2.45) is 0 Å². The average molecular weight is 225 g/mol. The molecule has 1 aliphatic heterocycles. The van der Waals surface area contributed by atoms with Crippen LogP contribution in [0.1, 0.15) is 20.8 Å². The monoisotopic (exact) mass is 225 g/mol. The van der Waals surface area contributed by atoms with Crippen molar-refractivity contribution in [2.75, 3.05) is 19.6 Å². The molecule has 0 atom stereocenters. The van der Waals surface area contributed by atoms with Crippen molar-refractivity contribution >= 4 is 11.8 Å². The first-order valence-corrected chi connectivity index (χ1v) is 5.47. The lowest BCUT2D eigenvalue weighted by atomic mass is 10.0. The zero-order chi connectivity index (χ0) is 12.1. The fourth-order valence-electron chi connectivity index (χ4n) is 1.34. The zero-order valence-electron chi connectivity index (χ0n) is 10.0. The third kappa shape index (κ3) is 3.66. The molecule has 0 spiro atoms. The summed E-state index contributed by atoms with van der Waals surface area (Å²) in [5.74, 6) is -0.316.